The summed E-state index contributed by atoms with van der Waals surface area (Å²) in [5.41, 5.74) is -0.0919. The number of morpholine rings is 1. The standard InChI is InChI=1S/C15H26N4O2/c1-10(2)15-17-13(7-14(20)18-15)19-5-6-21-9-12(19)8-16-11(3)4/h7,10-12,16H,5-6,8-9H2,1-4H3,(H,17,18,20). The molecule has 2 rings (SSSR count). The first kappa shape index (κ1) is 16.0. The zero-order valence-corrected chi connectivity index (χ0v) is 13.3. The molecule has 6 heteroatoms. The second kappa shape index (κ2) is 7.04. The van der Waals surface area contributed by atoms with Crippen molar-refractivity contribution in [2.75, 3.05) is 31.2 Å². The second-order valence-corrected chi connectivity index (χ2v) is 6.13. The Labute approximate surface area is 125 Å². The van der Waals surface area contributed by atoms with Crippen molar-refractivity contribution < 1.29 is 4.74 Å². The molecule has 0 aliphatic carbocycles. The van der Waals surface area contributed by atoms with Gasteiger partial charge in [-0.15, -0.1) is 0 Å². The molecule has 6 nitrogen and oxygen atoms in total. The summed E-state index contributed by atoms with van der Waals surface area (Å²) in [4.78, 5) is 21.5. The Balaban J connectivity index is 2.22. The van der Waals surface area contributed by atoms with Gasteiger partial charge < -0.3 is 19.9 Å². The summed E-state index contributed by atoms with van der Waals surface area (Å²) in [5.74, 6) is 1.69. The van der Waals surface area contributed by atoms with Gasteiger partial charge in [0, 0.05) is 31.1 Å². The van der Waals surface area contributed by atoms with E-state index in [1.807, 2.05) is 13.8 Å². The number of hydrogen-bond acceptors (Lipinski definition) is 5. The maximum Gasteiger partial charge on any atom is 0.252 e. The third-order valence-electron chi connectivity index (χ3n) is 3.58. The summed E-state index contributed by atoms with van der Waals surface area (Å²) in [7, 11) is 0. The van der Waals surface area contributed by atoms with Gasteiger partial charge in [0.05, 0.1) is 19.3 Å². The molecule has 0 bridgehead atoms. The molecule has 1 aliphatic heterocycles. The van der Waals surface area contributed by atoms with Crippen LogP contribution in [0.1, 0.15) is 39.4 Å². The van der Waals surface area contributed by atoms with Crippen molar-refractivity contribution in [3.05, 3.63) is 22.2 Å². The molecule has 118 valence electrons. The van der Waals surface area contributed by atoms with Gasteiger partial charge in [-0.3, -0.25) is 4.79 Å². The number of nitrogens with zero attached hydrogens (tertiary/aromatic N) is 2. The van der Waals surface area contributed by atoms with Gasteiger partial charge in [-0.2, -0.15) is 0 Å². The Morgan fingerprint density at radius 2 is 2.24 bits per heavy atom. The van der Waals surface area contributed by atoms with Crippen molar-refractivity contribution in [1.29, 1.82) is 0 Å². The van der Waals surface area contributed by atoms with Crippen molar-refractivity contribution in [3.63, 3.8) is 0 Å². The van der Waals surface area contributed by atoms with Crippen LogP contribution in [0.5, 0.6) is 0 Å². The second-order valence-electron chi connectivity index (χ2n) is 6.13. The molecule has 2 N–H and O–H groups in total. The molecule has 1 aromatic rings. The average Bonchev–Trinajstić information content (AvgIpc) is 2.44. The van der Waals surface area contributed by atoms with Crippen LogP contribution < -0.4 is 15.8 Å². The van der Waals surface area contributed by atoms with Crippen LogP contribution in [-0.4, -0.2) is 48.4 Å². The summed E-state index contributed by atoms with van der Waals surface area (Å²) < 4.78 is 5.58. The fraction of sp³-hybridized carbons (Fsp3) is 0.733. The monoisotopic (exact) mass is 294 g/mol. The minimum atomic E-state index is -0.0919. The van der Waals surface area contributed by atoms with Crippen molar-refractivity contribution in [3.8, 4) is 0 Å². The summed E-state index contributed by atoms with van der Waals surface area (Å²) in [6.45, 7) is 11.2. The Hall–Kier alpha value is -1.40. The minimum Gasteiger partial charge on any atom is -0.377 e. The Morgan fingerprint density at radius 3 is 2.90 bits per heavy atom. The lowest BCUT2D eigenvalue weighted by Crippen LogP contribution is -2.52. The molecule has 0 radical (unpaired) electrons. The maximum absolute atomic E-state index is 11.9. The predicted octanol–water partition coefficient (Wildman–Crippen LogP) is 1.10. The highest BCUT2D eigenvalue weighted by molar-refractivity contribution is 5.40. The van der Waals surface area contributed by atoms with E-state index >= 15 is 0 Å². The third-order valence-corrected chi connectivity index (χ3v) is 3.58. The molecule has 1 atom stereocenters. The average molecular weight is 294 g/mol. The third kappa shape index (κ3) is 4.28. The first-order valence-electron chi connectivity index (χ1n) is 7.66. The summed E-state index contributed by atoms with van der Waals surface area (Å²) >= 11 is 0. The van der Waals surface area contributed by atoms with Gasteiger partial charge >= 0.3 is 0 Å². The van der Waals surface area contributed by atoms with Crippen LogP contribution in [0.15, 0.2) is 10.9 Å². The highest BCUT2D eigenvalue weighted by Crippen LogP contribution is 2.18. The van der Waals surface area contributed by atoms with Gasteiger partial charge in [0.2, 0.25) is 0 Å². The molecule has 1 fully saturated rings. The number of hydrogen-bond donors (Lipinski definition) is 2. The largest absolute Gasteiger partial charge is 0.377 e. The van der Waals surface area contributed by atoms with Crippen LogP contribution in [0.2, 0.25) is 0 Å². The van der Waals surface area contributed by atoms with E-state index in [0.29, 0.717) is 19.3 Å². The predicted molar refractivity (Wildman–Crippen MR) is 84.0 cm³/mol. The molecule has 1 saturated heterocycles. The van der Waals surface area contributed by atoms with Crippen LogP contribution in [0.4, 0.5) is 5.82 Å². The highest BCUT2D eigenvalue weighted by atomic mass is 16.5. The molecule has 1 aromatic heterocycles. The number of nitrogens with one attached hydrogen (secondary N) is 2. The van der Waals surface area contributed by atoms with Crippen LogP contribution in [-0.2, 0) is 4.74 Å². The van der Waals surface area contributed by atoms with E-state index in [2.05, 4.69) is 34.0 Å². The Kier molecular flexibility index (Phi) is 5.36. The van der Waals surface area contributed by atoms with Gasteiger partial charge in [-0.1, -0.05) is 27.7 Å². The summed E-state index contributed by atoms with van der Waals surface area (Å²) in [6.07, 6.45) is 0. The normalized spacial score (nSPS) is 19.5. The fourth-order valence-corrected chi connectivity index (χ4v) is 2.38. The van der Waals surface area contributed by atoms with Crippen molar-refractivity contribution in [1.82, 2.24) is 15.3 Å². The number of aromatic amines is 1. The zero-order valence-electron chi connectivity index (χ0n) is 13.3. The zero-order chi connectivity index (χ0) is 15.4. The lowest BCUT2D eigenvalue weighted by molar-refractivity contribution is 0.0927. The van der Waals surface area contributed by atoms with Gasteiger partial charge in [0.15, 0.2) is 0 Å². The molecular weight excluding hydrogens is 268 g/mol. The van der Waals surface area contributed by atoms with Crippen molar-refractivity contribution in [2.24, 2.45) is 0 Å². The van der Waals surface area contributed by atoms with E-state index < -0.39 is 0 Å². The van der Waals surface area contributed by atoms with Crippen molar-refractivity contribution >= 4 is 5.82 Å². The highest BCUT2D eigenvalue weighted by Gasteiger charge is 2.25. The van der Waals surface area contributed by atoms with Crippen LogP contribution in [0, 0.1) is 0 Å². The first-order valence-corrected chi connectivity index (χ1v) is 7.66. The maximum atomic E-state index is 11.9. The topological polar surface area (TPSA) is 70.2 Å². The van der Waals surface area contributed by atoms with Gasteiger partial charge in [-0.05, 0) is 0 Å². The van der Waals surface area contributed by atoms with Crippen LogP contribution in [0.25, 0.3) is 0 Å². The lowest BCUT2D eigenvalue weighted by atomic mass is 10.2. The SMILES string of the molecule is CC(C)NCC1COCCN1c1cc(=O)[nH]c(C(C)C)n1. The molecule has 0 aromatic carbocycles. The van der Waals surface area contributed by atoms with Gasteiger partial charge in [0.25, 0.3) is 5.56 Å². The van der Waals surface area contributed by atoms with E-state index in [1.54, 1.807) is 6.07 Å². The van der Waals surface area contributed by atoms with E-state index in [1.165, 1.54) is 0 Å². The molecule has 0 amide bonds. The fourth-order valence-electron chi connectivity index (χ4n) is 2.38. The smallest absolute Gasteiger partial charge is 0.252 e. The van der Waals surface area contributed by atoms with Gasteiger partial charge in [0.1, 0.15) is 11.6 Å². The first-order chi connectivity index (χ1) is 9.97. The number of anilines is 1. The number of rotatable bonds is 5. The molecular formula is C15H26N4O2. The summed E-state index contributed by atoms with van der Waals surface area (Å²) in [5, 5.41) is 3.43. The number of H-pyrrole nitrogens is 1. The lowest BCUT2D eigenvalue weighted by Gasteiger charge is -2.37. The molecule has 0 saturated carbocycles. The Bertz CT molecular complexity index is 513. The van der Waals surface area contributed by atoms with E-state index in [9.17, 15) is 4.79 Å². The molecule has 1 unspecified atom stereocenters. The van der Waals surface area contributed by atoms with Crippen LogP contribution in [0.3, 0.4) is 0 Å². The number of ether oxygens (including phenoxy) is 1. The molecule has 0 spiro atoms. The molecule has 21 heavy (non-hydrogen) atoms. The quantitative estimate of drug-likeness (QED) is 0.851. The van der Waals surface area contributed by atoms with Crippen molar-refractivity contribution in [2.45, 2.75) is 45.7 Å². The van der Waals surface area contributed by atoms with E-state index in [-0.39, 0.29) is 17.5 Å². The molecule has 2 heterocycles. The Morgan fingerprint density at radius 1 is 1.48 bits per heavy atom. The van der Waals surface area contributed by atoms with E-state index in [0.717, 1.165) is 24.7 Å². The van der Waals surface area contributed by atoms with Gasteiger partial charge in [-0.25, -0.2) is 4.98 Å². The minimum absolute atomic E-state index is 0.0919. The van der Waals surface area contributed by atoms with E-state index in [4.69, 9.17) is 4.74 Å². The van der Waals surface area contributed by atoms with Crippen LogP contribution >= 0.6 is 0 Å². The summed E-state index contributed by atoms with van der Waals surface area (Å²) in [6, 6.07) is 2.21. The number of aromatic nitrogens is 2. The molecule has 1 aliphatic rings.